The summed E-state index contributed by atoms with van der Waals surface area (Å²) < 4.78 is 12.0. The number of hydrogen-bond donors (Lipinski definition) is 4. The molecule has 0 amide bonds. The molecular formula is C28H20O10. The molecule has 0 heterocycles. The van der Waals surface area contributed by atoms with Crippen molar-refractivity contribution in [3.63, 3.8) is 0 Å². The Labute approximate surface area is 215 Å². The van der Waals surface area contributed by atoms with Gasteiger partial charge in [-0.15, -0.1) is 0 Å². The molecule has 1 aliphatic rings. The molecule has 1 atom stereocenters. The summed E-state index contributed by atoms with van der Waals surface area (Å²) in [7, 11) is 0. The van der Waals surface area contributed by atoms with Crippen molar-refractivity contribution in [2.24, 2.45) is 0 Å². The quantitative estimate of drug-likeness (QED) is 0.313. The lowest BCUT2D eigenvalue weighted by molar-refractivity contribution is 0.0649. The lowest BCUT2D eigenvalue weighted by Gasteiger charge is -2.34. The van der Waals surface area contributed by atoms with Crippen molar-refractivity contribution in [2.75, 3.05) is 0 Å². The van der Waals surface area contributed by atoms with Crippen LogP contribution in [0.1, 0.15) is 53.4 Å². The predicted octanol–water partition coefficient (Wildman–Crippen LogP) is 4.68. The van der Waals surface area contributed by atoms with Crippen molar-refractivity contribution < 1.29 is 49.1 Å². The minimum Gasteiger partial charge on any atom is -0.478 e. The van der Waals surface area contributed by atoms with Gasteiger partial charge in [0.2, 0.25) is 0 Å². The molecule has 4 N–H and O–H groups in total. The van der Waals surface area contributed by atoms with Crippen LogP contribution < -0.4 is 9.47 Å². The number of allylic oxidation sites excluding steroid dienone is 1. The van der Waals surface area contributed by atoms with E-state index in [9.17, 15) is 39.6 Å². The van der Waals surface area contributed by atoms with Crippen molar-refractivity contribution in [1.29, 1.82) is 0 Å². The molecule has 1 unspecified atom stereocenters. The normalized spacial score (nSPS) is 16.3. The third kappa shape index (κ3) is 5.24. The summed E-state index contributed by atoms with van der Waals surface area (Å²) in [6, 6.07) is 16.4. The molecular weight excluding hydrogens is 496 g/mol. The van der Waals surface area contributed by atoms with E-state index in [0.717, 1.165) is 29.8 Å². The molecule has 3 aromatic rings. The second-order valence-electron chi connectivity index (χ2n) is 8.24. The Morgan fingerprint density at radius 3 is 1.68 bits per heavy atom. The lowest BCUT2D eigenvalue weighted by atomic mass is 9.86. The van der Waals surface area contributed by atoms with E-state index in [2.05, 4.69) is 0 Å². The van der Waals surface area contributed by atoms with Gasteiger partial charge in [-0.1, -0.05) is 30.3 Å². The summed E-state index contributed by atoms with van der Waals surface area (Å²) in [5.74, 6) is -4.99. The number of carboxylic acids is 4. The number of aromatic carboxylic acids is 4. The highest BCUT2D eigenvalue weighted by Crippen LogP contribution is 2.38. The average molecular weight is 516 g/mol. The smallest absolute Gasteiger partial charge is 0.336 e. The van der Waals surface area contributed by atoms with E-state index in [4.69, 9.17) is 9.47 Å². The third-order valence-electron chi connectivity index (χ3n) is 5.83. The molecule has 38 heavy (non-hydrogen) atoms. The number of ether oxygens (including phenoxy) is 2. The summed E-state index contributed by atoms with van der Waals surface area (Å²) >= 11 is 0. The SMILES string of the molecule is O=C(O)c1ccc(OC2=CCC(Oc3ccc(C(=O)O)c(C(=O)O)c3)(c3ccccc3)C=C2)cc1C(=O)O. The fourth-order valence-electron chi connectivity index (χ4n) is 4.00. The Kier molecular flexibility index (Phi) is 6.98. The van der Waals surface area contributed by atoms with Gasteiger partial charge in [-0.05, 0) is 60.2 Å². The van der Waals surface area contributed by atoms with Crippen molar-refractivity contribution in [3.8, 4) is 11.5 Å². The van der Waals surface area contributed by atoms with Gasteiger partial charge in [0.25, 0.3) is 0 Å². The Balaban J connectivity index is 1.65. The highest BCUT2D eigenvalue weighted by molar-refractivity contribution is 6.02. The highest BCUT2D eigenvalue weighted by atomic mass is 16.5. The monoisotopic (exact) mass is 516 g/mol. The van der Waals surface area contributed by atoms with Gasteiger partial charge in [-0.3, -0.25) is 0 Å². The first-order valence-corrected chi connectivity index (χ1v) is 11.1. The zero-order valence-corrected chi connectivity index (χ0v) is 19.5. The number of carboxylic acid groups (broad SMARTS) is 4. The molecule has 0 aliphatic heterocycles. The summed E-state index contributed by atoms with van der Waals surface area (Å²) in [6.07, 6.45) is 5.17. The number of hydrogen-bond acceptors (Lipinski definition) is 6. The number of rotatable bonds is 9. The number of benzene rings is 3. The maximum absolute atomic E-state index is 11.6. The molecule has 192 valence electrons. The molecule has 0 saturated carbocycles. The van der Waals surface area contributed by atoms with Crippen LogP contribution in [0.2, 0.25) is 0 Å². The van der Waals surface area contributed by atoms with Gasteiger partial charge in [0.15, 0.2) is 5.60 Å². The maximum atomic E-state index is 11.6. The number of carbonyl (C=O) groups is 4. The van der Waals surface area contributed by atoms with Crippen LogP contribution in [0.5, 0.6) is 11.5 Å². The maximum Gasteiger partial charge on any atom is 0.336 e. The van der Waals surface area contributed by atoms with Crippen molar-refractivity contribution in [1.82, 2.24) is 0 Å². The van der Waals surface area contributed by atoms with Gasteiger partial charge in [0, 0.05) is 6.42 Å². The first-order chi connectivity index (χ1) is 18.1. The van der Waals surface area contributed by atoms with Gasteiger partial charge >= 0.3 is 23.9 Å². The molecule has 10 heteroatoms. The van der Waals surface area contributed by atoms with Crippen LogP contribution in [-0.4, -0.2) is 44.3 Å². The Bertz CT molecular complexity index is 1500. The molecule has 0 saturated heterocycles. The molecule has 0 fully saturated rings. The van der Waals surface area contributed by atoms with Gasteiger partial charge in [0.1, 0.15) is 17.3 Å². The second-order valence-corrected chi connectivity index (χ2v) is 8.24. The summed E-state index contributed by atoms with van der Waals surface area (Å²) in [5, 5.41) is 37.3. The molecule has 0 radical (unpaired) electrons. The van der Waals surface area contributed by atoms with E-state index in [1.807, 2.05) is 18.2 Å². The van der Waals surface area contributed by atoms with Gasteiger partial charge < -0.3 is 29.9 Å². The molecule has 0 aromatic heterocycles. The lowest BCUT2D eigenvalue weighted by Crippen LogP contribution is -2.32. The van der Waals surface area contributed by atoms with E-state index in [0.29, 0.717) is 5.76 Å². The second kappa shape index (κ2) is 10.3. The topological polar surface area (TPSA) is 168 Å². The summed E-state index contributed by atoms with van der Waals surface area (Å²) in [4.78, 5) is 45.8. The van der Waals surface area contributed by atoms with Crippen molar-refractivity contribution >= 4 is 23.9 Å². The largest absolute Gasteiger partial charge is 0.478 e. The van der Waals surface area contributed by atoms with Crippen molar-refractivity contribution in [3.05, 3.63) is 119 Å². The zero-order valence-electron chi connectivity index (χ0n) is 19.5. The van der Waals surface area contributed by atoms with Crippen molar-refractivity contribution in [2.45, 2.75) is 12.0 Å². The molecule has 10 nitrogen and oxygen atoms in total. The van der Waals surface area contributed by atoms with Gasteiger partial charge in [-0.2, -0.15) is 0 Å². The Morgan fingerprint density at radius 2 is 1.18 bits per heavy atom. The Morgan fingerprint density at radius 1 is 0.658 bits per heavy atom. The molecule has 3 aromatic carbocycles. The van der Waals surface area contributed by atoms with Gasteiger partial charge in [-0.25, -0.2) is 19.2 Å². The van der Waals surface area contributed by atoms with Crippen LogP contribution in [-0.2, 0) is 5.60 Å². The van der Waals surface area contributed by atoms with Gasteiger partial charge in [0.05, 0.1) is 22.3 Å². The zero-order chi connectivity index (χ0) is 27.4. The fraction of sp³-hybridized carbons (Fsp3) is 0.0714. The van der Waals surface area contributed by atoms with Crippen LogP contribution in [0.25, 0.3) is 0 Å². The van der Waals surface area contributed by atoms with E-state index >= 15 is 0 Å². The van der Waals surface area contributed by atoms with E-state index in [-0.39, 0.29) is 29.0 Å². The van der Waals surface area contributed by atoms with Crippen LogP contribution in [0.4, 0.5) is 0 Å². The Hall–Kier alpha value is -5.38. The standard InChI is InChI=1S/C28H20O10/c29-24(30)20-8-6-18(14-22(20)26(33)34)37-17-10-12-28(13-11-17,16-4-2-1-3-5-16)38-19-7-9-21(25(31)32)23(15-19)27(35)36/h1-12,14-15H,13H2,(H,29,30)(H,31,32)(H,33,34)(H,35,36). The minimum absolute atomic E-state index is 0.117. The molecule has 4 rings (SSSR count). The van der Waals surface area contributed by atoms with E-state index < -0.39 is 40.6 Å². The molecule has 0 spiro atoms. The summed E-state index contributed by atoms with van der Waals surface area (Å²) in [5.41, 5.74) is -1.96. The fourth-order valence-corrected chi connectivity index (χ4v) is 4.00. The van der Waals surface area contributed by atoms with E-state index in [1.54, 1.807) is 30.4 Å². The highest BCUT2D eigenvalue weighted by Gasteiger charge is 2.34. The van der Waals surface area contributed by atoms with Crippen LogP contribution in [0.15, 0.2) is 90.7 Å². The van der Waals surface area contributed by atoms with Crippen LogP contribution >= 0.6 is 0 Å². The first kappa shape index (κ1) is 25.7. The summed E-state index contributed by atoms with van der Waals surface area (Å²) in [6.45, 7) is 0. The van der Waals surface area contributed by atoms with Crippen LogP contribution in [0.3, 0.4) is 0 Å². The average Bonchev–Trinajstić information content (AvgIpc) is 2.90. The first-order valence-electron chi connectivity index (χ1n) is 11.1. The third-order valence-corrected chi connectivity index (χ3v) is 5.83. The van der Waals surface area contributed by atoms with E-state index in [1.165, 1.54) is 12.1 Å². The predicted molar refractivity (Wildman–Crippen MR) is 132 cm³/mol. The minimum atomic E-state index is -1.41. The van der Waals surface area contributed by atoms with Crippen LogP contribution in [0, 0.1) is 0 Å². The molecule has 0 bridgehead atoms. The molecule has 1 aliphatic carbocycles.